The molecule has 58 heavy (non-hydrogen) atoms. The highest BCUT2D eigenvalue weighted by Gasteiger charge is 2.70. The quantitative estimate of drug-likeness (QED) is 0.0954. The molecule has 4 aliphatic carbocycles. The van der Waals surface area contributed by atoms with Crippen LogP contribution >= 0.6 is 0 Å². The van der Waals surface area contributed by atoms with Crippen molar-refractivity contribution in [1.29, 1.82) is 0 Å². The lowest BCUT2D eigenvalue weighted by Gasteiger charge is -2.66. The number of hydrogen-bond acceptors (Lipinski definition) is 12. The number of piperidine rings is 2. The Morgan fingerprint density at radius 2 is 1.71 bits per heavy atom. The number of carbonyl (C=O) groups excluding carboxylic acids is 1. The van der Waals surface area contributed by atoms with Gasteiger partial charge in [-0.05, 0) is 138 Å². The number of ether oxygens (including phenoxy) is 4. The molecule has 0 aromatic rings. The highest BCUT2D eigenvalue weighted by Crippen LogP contribution is 2.70. The second-order valence-corrected chi connectivity index (χ2v) is 20.2. The van der Waals surface area contributed by atoms with Gasteiger partial charge in [0.2, 0.25) is 0 Å². The van der Waals surface area contributed by atoms with Crippen LogP contribution in [0.3, 0.4) is 0 Å². The number of carbonyl (C=O) groups is 1. The van der Waals surface area contributed by atoms with Crippen LogP contribution in [-0.2, 0) is 23.7 Å². The first kappa shape index (κ1) is 45.0. The van der Waals surface area contributed by atoms with Gasteiger partial charge < -0.3 is 65.0 Å². The zero-order valence-electron chi connectivity index (χ0n) is 35.3. The molecule has 334 valence electrons. The summed E-state index contributed by atoms with van der Waals surface area (Å²) in [5, 5.41) is 70.9. The number of aliphatic carboxylic acids is 1. The molecule has 0 amide bonds. The summed E-state index contributed by atoms with van der Waals surface area (Å²) in [6, 6.07) is 0.180. The molecule has 4 saturated carbocycles. The van der Waals surface area contributed by atoms with Crippen molar-refractivity contribution in [2.45, 2.75) is 190 Å². The van der Waals surface area contributed by atoms with E-state index in [4.69, 9.17) is 24.7 Å². The summed E-state index contributed by atoms with van der Waals surface area (Å²) in [4.78, 5) is 13.1. The summed E-state index contributed by atoms with van der Waals surface area (Å²) < 4.78 is 25.3. The summed E-state index contributed by atoms with van der Waals surface area (Å²) >= 11 is 0. The van der Waals surface area contributed by atoms with Crippen LogP contribution in [0, 0.1) is 46.3 Å². The average molecular weight is 825 g/mol. The number of methoxy groups -OCH3 is 1. The molecule has 0 aromatic heterocycles. The lowest BCUT2D eigenvalue weighted by Crippen LogP contribution is -3.03. The van der Waals surface area contributed by atoms with E-state index < -0.39 is 48.7 Å². The van der Waals surface area contributed by atoms with Crippen LogP contribution in [0.4, 0.5) is 0 Å². The van der Waals surface area contributed by atoms with E-state index >= 15 is 0 Å². The Morgan fingerprint density at radius 3 is 2.45 bits per heavy atom. The molecule has 7 fully saturated rings. The summed E-state index contributed by atoms with van der Waals surface area (Å²) in [5.74, 6) is -0.0377. The summed E-state index contributed by atoms with van der Waals surface area (Å²) in [6.07, 6.45) is 9.83. The number of rotatable bonds is 15. The maximum atomic E-state index is 13.1. The Labute approximate surface area is 345 Å². The van der Waals surface area contributed by atoms with Crippen molar-refractivity contribution in [3.8, 4) is 0 Å². The van der Waals surface area contributed by atoms with Crippen molar-refractivity contribution in [1.82, 2.24) is 0 Å². The van der Waals surface area contributed by atoms with Crippen molar-refractivity contribution in [2.75, 3.05) is 33.7 Å². The number of aliphatic hydroxyl groups is 5. The highest BCUT2D eigenvalue weighted by atomic mass is 16.6. The molecular formula is C44H78N3O11+. The average Bonchev–Trinajstić information content (AvgIpc) is 3.61. The second-order valence-electron chi connectivity index (χ2n) is 20.2. The van der Waals surface area contributed by atoms with E-state index in [0.29, 0.717) is 68.9 Å². The lowest BCUT2D eigenvalue weighted by molar-refractivity contribution is -0.756. The Balaban J connectivity index is 1.11. The zero-order valence-corrected chi connectivity index (χ0v) is 35.3. The first-order valence-electron chi connectivity index (χ1n) is 23.2. The first-order valence-corrected chi connectivity index (χ1v) is 23.2. The zero-order chi connectivity index (χ0) is 41.2. The van der Waals surface area contributed by atoms with Gasteiger partial charge in [0.05, 0.1) is 61.9 Å². The fraction of sp³-hybridized carbons (Fsp3) is 0.977. The van der Waals surface area contributed by atoms with Crippen molar-refractivity contribution < 1.29 is 65.0 Å². The van der Waals surface area contributed by atoms with Crippen LogP contribution < -0.4 is 21.5 Å². The lowest BCUT2D eigenvalue weighted by atomic mass is 9.40. The number of carboxylic acids is 1. The molecule has 3 heterocycles. The van der Waals surface area contributed by atoms with Crippen LogP contribution in [0.15, 0.2) is 0 Å². The van der Waals surface area contributed by atoms with Crippen LogP contribution in [0.2, 0.25) is 0 Å². The maximum absolute atomic E-state index is 13.1. The molecule has 3 saturated heterocycles. The summed E-state index contributed by atoms with van der Waals surface area (Å²) in [7, 11) is 1.61. The smallest absolute Gasteiger partial charge is 0.144 e. The van der Waals surface area contributed by atoms with Gasteiger partial charge in [-0.2, -0.15) is 0 Å². The monoisotopic (exact) mass is 825 g/mol. The third-order valence-electron chi connectivity index (χ3n) is 17.2. The molecule has 0 bridgehead atoms. The Morgan fingerprint density at radius 1 is 0.897 bits per heavy atom. The Hall–Kier alpha value is -1.01. The van der Waals surface area contributed by atoms with E-state index in [0.717, 1.165) is 77.2 Å². The van der Waals surface area contributed by atoms with Crippen LogP contribution in [-0.4, -0.2) is 132 Å². The second kappa shape index (κ2) is 19.6. The van der Waals surface area contributed by atoms with E-state index in [-0.39, 0.29) is 66.7 Å². The van der Waals surface area contributed by atoms with Gasteiger partial charge in [-0.15, -0.1) is 0 Å². The largest absolute Gasteiger partial charge is 0.550 e. The van der Waals surface area contributed by atoms with E-state index in [1.807, 2.05) is 0 Å². The third-order valence-corrected chi connectivity index (χ3v) is 17.2. The van der Waals surface area contributed by atoms with Gasteiger partial charge in [0, 0.05) is 43.9 Å². The van der Waals surface area contributed by atoms with Gasteiger partial charge in [0.25, 0.3) is 0 Å². The van der Waals surface area contributed by atoms with Crippen LogP contribution in [0.25, 0.3) is 0 Å². The minimum Gasteiger partial charge on any atom is -0.550 e. The molecule has 19 atom stereocenters. The molecule has 11 N–H and O–H groups in total. The van der Waals surface area contributed by atoms with Gasteiger partial charge >= 0.3 is 0 Å². The molecule has 7 rings (SSSR count). The van der Waals surface area contributed by atoms with E-state index in [1.54, 1.807) is 7.11 Å². The number of carboxylic acid groups (broad SMARTS) is 1. The minimum absolute atomic E-state index is 0.0198. The van der Waals surface area contributed by atoms with Crippen LogP contribution in [0.1, 0.15) is 122 Å². The van der Waals surface area contributed by atoms with Crippen molar-refractivity contribution in [3.63, 3.8) is 0 Å². The number of hydrogen-bond donors (Lipinski definition) is 8. The highest BCUT2D eigenvalue weighted by molar-refractivity contribution is 5.66. The van der Waals surface area contributed by atoms with E-state index in [9.17, 15) is 35.4 Å². The predicted octanol–water partition coefficient (Wildman–Crippen LogP) is -0.744. The Bertz CT molecular complexity index is 1330. The summed E-state index contributed by atoms with van der Waals surface area (Å²) in [6.45, 7) is 3.06. The molecule has 0 aromatic carbocycles. The van der Waals surface area contributed by atoms with E-state index in [1.165, 1.54) is 0 Å². The fourth-order valence-electron chi connectivity index (χ4n) is 14.9. The maximum Gasteiger partial charge on any atom is 0.144 e. The number of quaternary nitrogens is 2. The van der Waals surface area contributed by atoms with Gasteiger partial charge in [0.1, 0.15) is 25.1 Å². The van der Waals surface area contributed by atoms with Crippen molar-refractivity contribution in [2.24, 2.45) is 52.1 Å². The van der Waals surface area contributed by atoms with E-state index in [2.05, 4.69) is 17.6 Å². The molecule has 19 unspecified atom stereocenters. The van der Waals surface area contributed by atoms with Crippen molar-refractivity contribution in [3.05, 3.63) is 0 Å². The molecule has 14 heteroatoms. The number of nitrogens with two attached hydrogens (primary N) is 3. The standard InChI is InChI=1S/C44H77N3O11/c1-25-21-43-13-3-4-29(43)7-9-32(27-11-14-46-39(45)19-27)44(43,22-40(52)53)38(47-25)23-56-37-18-28(17-36(55-2)41(37)54)42-31(12-15-48)34(51)20-30(58-42)8-5-26-6-10-33(50)35(16-26)57-24-49/h25-39,41-42,46-51,54H,3-24,45H2,1-2H3,(H,52,53)/p+1. The topological polar surface area (TPSA) is 237 Å². The fourth-order valence-corrected chi connectivity index (χ4v) is 14.9. The molecule has 3 aliphatic heterocycles. The van der Waals surface area contributed by atoms with Gasteiger partial charge in [-0.3, -0.25) is 5.73 Å². The SMILES string of the molecule is COC1CC(C2OC(CCC3CCC(O)C(OCO)C3)CC(O)C2CCO)CC(OCC2[NH2+]C(C)CC34CCCC3CCC(C3CC[NH2+]C(N)C3)C24CC(=O)[O-])C1O. The minimum atomic E-state index is -0.981. The van der Waals surface area contributed by atoms with Gasteiger partial charge in [-0.25, -0.2) is 0 Å². The predicted molar refractivity (Wildman–Crippen MR) is 210 cm³/mol. The summed E-state index contributed by atoms with van der Waals surface area (Å²) in [5.41, 5.74) is 5.96. The normalized spacial score (nSPS) is 48.6. The first-order chi connectivity index (χ1) is 27.9. The van der Waals surface area contributed by atoms with Crippen molar-refractivity contribution >= 4 is 5.97 Å². The molecule has 14 nitrogen and oxygen atoms in total. The molecule has 0 radical (unpaired) electrons. The van der Waals surface area contributed by atoms with Gasteiger partial charge in [-0.1, -0.05) is 6.42 Å². The molecule has 7 aliphatic rings. The van der Waals surface area contributed by atoms with Crippen LogP contribution in [0.5, 0.6) is 0 Å². The Kier molecular flexibility index (Phi) is 15.2. The molecule has 1 spiro atoms. The van der Waals surface area contributed by atoms with Gasteiger partial charge in [0.15, 0.2) is 0 Å². The third kappa shape index (κ3) is 9.06. The molecular weight excluding hydrogens is 746 g/mol. The number of aliphatic hydroxyl groups excluding tert-OH is 5.